The second-order valence-corrected chi connectivity index (χ2v) is 12.1. The lowest BCUT2D eigenvalue weighted by molar-refractivity contribution is 0.0519. The minimum atomic E-state index is 0.187. The molecular weight excluding hydrogens is 480 g/mol. The number of ether oxygens (including phenoxy) is 2. The van der Waals surface area contributed by atoms with Crippen LogP contribution in [0, 0.1) is 13.8 Å². The normalized spacial score (nSPS) is 16.6. The molecule has 1 aliphatic rings. The van der Waals surface area contributed by atoms with Crippen molar-refractivity contribution in [3.63, 3.8) is 0 Å². The molecule has 0 bridgehead atoms. The molecule has 0 radical (unpaired) electrons. The first-order valence-electron chi connectivity index (χ1n) is 11.2. The third-order valence-electron chi connectivity index (χ3n) is 6.78. The molecule has 0 N–H and O–H groups in total. The molecule has 0 fully saturated rings. The molecule has 32 heavy (non-hydrogen) atoms. The number of halogens is 1. The summed E-state index contributed by atoms with van der Waals surface area (Å²) in [5, 5.41) is 0. The van der Waals surface area contributed by atoms with Gasteiger partial charge in [0, 0.05) is 32.5 Å². The highest BCUT2D eigenvalue weighted by Crippen LogP contribution is 2.55. The molecule has 0 atom stereocenters. The number of benzene rings is 2. The van der Waals surface area contributed by atoms with Crippen LogP contribution in [0.5, 0.6) is 5.75 Å². The zero-order valence-corrected chi connectivity index (χ0v) is 22.6. The van der Waals surface area contributed by atoms with Crippen LogP contribution in [0.1, 0.15) is 62.1 Å². The van der Waals surface area contributed by atoms with Crippen molar-refractivity contribution in [2.24, 2.45) is 0 Å². The van der Waals surface area contributed by atoms with Crippen LogP contribution >= 0.6 is 27.3 Å². The van der Waals surface area contributed by atoms with Crippen LogP contribution in [0.15, 0.2) is 40.9 Å². The molecule has 1 aliphatic carbocycles. The van der Waals surface area contributed by atoms with Gasteiger partial charge in [-0.25, -0.2) is 0 Å². The molecule has 0 amide bonds. The second kappa shape index (κ2) is 8.62. The van der Waals surface area contributed by atoms with Gasteiger partial charge in [0.2, 0.25) is 0 Å². The summed E-state index contributed by atoms with van der Waals surface area (Å²) in [6.45, 7) is 14.3. The Morgan fingerprint density at radius 2 is 1.59 bits per heavy atom. The van der Waals surface area contributed by atoms with E-state index in [9.17, 15) is 0 Å². The highest BCUT2D eigenvalue weighted by atomic mass is 79.9. The largest absolute Gasteiger partial charge is 0.466 e. The third-order valence-corrected chi connectivity index (χ3v) is 9.16. The molecule has 170 valence electrons. The Morgan fingerprint density at radius 3 is 2.25 bits per heavy atom. The minimum Gasteiger partial charge on any atom is -0.466 e. The Morgan fingerprint density at radius 1 is 0.938 bits per heavy atom. The summed E-state index contributed by atoms with van der Waals surface area (Å²) < 4.78 is 12.7. The molecular formula is C28H33BrO2S. The van der Waals surface area contributed by atoms with Gasteiger partial charge in [-0.3, -0.25) is 0 Å². The summed E-state index contributed by atoms with van der Waals surface area (Å²) in [7, 11) is 1.67. The molecule has 0 aliphatic heterocycles. The molecule has 4 heteroatoms. The zero-order chi connectivity index (χ0) is 23.3. The van der Waals surface area contributed by atoms with Crippen molar-refractivity contribution < 1.29 is 9.47 Å². The first kappa shape index (κ1) is 23.5. The molecule has 4 rings (SSSR count). The predicted octanol–water partition coefficient (Wildman–Crippen LogP) is 8.79. The summed E-state index contributed by atoms with van der Waals surface area (Å²) >= 11 is 5.70. The van der Waals surface area contributed by atoms with E-state index in [1.54, 1.807) is 7.11 Å². The van der Waals surface area contributed by atoms with Gasteiger partial charge < -0.3 is 9.47 Å². The van der Waals surface area contributed by atoms with E-state index in [0.29, 0.717) is 0 Å². The van der Waals surface area contributed by atoms with E-state index in [1.165, 1.54) is 39.3 Å². The van der Waals surface area contributed by atoms with Gasteiger partial charge in [0.05, 0.1) is 0 Å². The lowest BCUT2D eigenvalue weighted by Crippen LogP contribution is -2.32. The maximum absolute atomic E-state index is 6.29. The van der Waals surface area contributed by atoms with Gasteiger partial charge in [0.1, 0.15) is 5.75 Å². The standard InChI is InChI=1S/C28H33BrO2S/c1-17-14-20(19-10-8-9-11-22(19)29)24(31-16-30-7)21(15-17)25-18(2)23-26(32-25)28(5,6)13-12-27(23,3)4/h8-11,14-15H,12-13,16H2,1-7H3. The molecule has 0 saturated carbocycles. The summed E-state index contributed by atoms with van der Waals surface area (Å²) in [4.78, 5) is 2.85. The number of thiophene rings is 1. The molecule has 3 aromatic rings. The first-order valence-corrected chi connectivity index (χ1v) is 12.8. The third kappa shape index (κ3) is 4.06. The van der Waals surface area contributed by atoms with E-state index in [2.05, 4.69) is 87.8 Å². The van der Waals surface area contributed by atoms with Crippen molar-refractivity contribution in [2.75, 3.05) is 13.9 Å². The van der Waals surface area contributed by atoms with Crippen LogP contribution in [-0.2, 0) is 15.6 Å². The smallest absolute Gasteiger partial charge is 0.188 e. The Kier molecular flexibility index (Phi) is 6.34. The van der Waals surface area contributed by atoms with E-state index < -0.39 is 0 Å². The van der Waals surface area contributed by atoms with E-state index in [-0.39, 0.29) is 17.6 Å². The van der Waals surface area contributed by atoms with E-state index in [1.807, 2.05) is 17.4 Å². The summed E-state index contributed by atoms with van der Waals surface area (Å²) in [5.41, 5.74) is 7.92. The second-order valence-electron chi connectivity index (χ2n) is 10.2. The van der Waals surface area contributed by atoms with Gasteiger partial charge in [-0.05, 0) is 78.0 Å². The fraction of sp³-hybridized carbons (Fsp3) is 0.429. The van der Waals surface area contributed by atoms with Crippen LogP contribution < -0.4 is 4.74 Å². The fourth-order valence-electron chi connectivity index (χ4n) is 5.02. The number of fused-ring (bicyclic) bond motifs is 1. The molecule has 0 saturated heterocycles. The van der Waals surface area contributed by atoms with Crippen LogP contribution in [0.25, 0.3) is 21.6 Å². The highest BCUT2D eigenvalue weighted by molar-refractivity contribution is 9.10. The van der Waals surface area contributed by atoms with E-state index in [4.69, 9.17) is 9.47 Å². The number of hydrogen-bond acceptors (Lipinski definition) is 3. The summed E-state index contributed by atoms with van der Waals surface area (Å²) in [6.07, 6.45) is 2.43. The van der Waals surface area contributed by atoms with Crippen molar-refractivity contribution in [3.8, 4) is 27.3 Å². The van der Waals surface area contributed by atoms with Gasteiger partial charge in [0.25, 0.3) is 0 Å². The van der Waals surface area contributed by atoms with E-state index in [0.717, 1.165) is 26.9 Å². The van der Waals surface area contributed by atoms with Crippen molar-refractivity contribution in [1.29, 1.82) is 0 Å². The monoisotopic (exact) mass is 512 g/mol. The summed E-state index contributed by atoms with van der Waals surface area (Å²) in [6, 6.07) is 12.8. The highest BCUT2D eigenvalue weighted by Gasteiger charge is 2.41. The maximum atomic E-state index is 6.29. The van der Waals surface area contributed by atoms with Crippen molar-refractivity contribution in [3.05, 3.63) is 62.4 Å². The Hall–Kier alpha value is -1.62. The van der Waals surface area contributed by atoms with Gasteiger partial charge in [-0.15, -0.1) is 11.3 Å². The molecule has 1 aromatic heterocycles. The van der Waals surface area contributed by atoms with Crippen molar-refractivity contribution in [2.45, 2.75) is 65.2 Å². The Bertz CT molecular complexity index is 1160. The molecule has 2 nitrogen and oxygen atoms in total. The Labute approximate surface area is 205 Å². The van der Waals surface area contributed by atoms with Gasteiger partial charge in [-0.1, -0.05) is 61.8 Å². The number of methoxy groups -OCH3 is 1. The number of aryl methyl sites for hydroxylation is 1. The lowest BCUT2D eigenvalue weighted by Gasteiger charge is -2.39. The number of hydrogen-bond donors (Lipinski definition) is 0. The fourth-order valence-corrected chi connectivity index (χ4v) is 7.15. The molecule has 0 unspecified atom stereocenters. The van der Waals surface area contributed by atoms with Crippen LogP contribution in [0.2, 0.25) is 0 Å². The quantitative estimate of drug-likeness (QED) is 0.318. The average Bonchev–Trinajstić information content (AvgIpc) is 3.10. The van der Waals surface area contributed by atoms with Gasteiger partial charge >= 0.3 is 0 Å². The Balaban J connectivity index is 2.01. The van der Waals surface area contributed by atoms with Crippen LogP contribution in [0.3, 0.4) is 0 Å². The maximum Gasteiger partial charge on any atom is 0.188 e. The SMILES string of the molecule is COCOc1c(-c2ccccc2Br)cc(C)cc1-c1sc2c(c1C)C(C)(C)CCC2(C)C. The number of rotatable bonds is 5. The molecule has 0 spiro atoms. The van der Waals surface area contributed by atoms with Crippen molar-refractivity contribution in [1.82, 2.24) is 0 Å². The average molecular weight is 514 g/mol. The summed E-state index contributed by atoms with van der Waals surface area (Å²) in [5.74, 6) is 0.890. The first-order chi connectivity index (χ1) is 15.1. The van der Waals surface area contributed by atoms with Crippen molar-refractivity contribution >= 4 is 27.3 Å². The molecule has 2 aromatic carbocycles. The molecule has 1 heterocycles. The van der Waals surface area contributed by atoms with Gasteiger partial charge in [0.15, 0.2) is 6.79 Å². The minimum absolute atomic E-state index is 0.187. The predicted molar refractivity (Wildman–Crippen MR) is 140 cm³/mol. The van der Waals surface area contributed by atoms with Gasteiger partial charge in [-0.2, -0.15) is 0 Å². The van der Waals surface area contributed by atoms with Crippen LogP contribution in [0.4, 0.5) is 0 Å². The lowest BCUT2D eigenvalue weighted by atomic mass is 9.66. The zero-order valence-electron chi connectivity index (χ0n) is 20.2. The topological polar surface area (TPSA) is 18.5 Å². The van der Waals surface area contributed by atoms with Crippen LogP contribution in [-0.4, -0.2) is 13.9 Å². The van der Waals surface area contributed by atoms with E-state index >= 15 is 0 Å².